The number of rotatable bonds is 4. The summed E-state index contributed by atoms with van der Waals surface area (Å²) in [5, 5.41) is 10.1. The highest BCUT2D eigenvalue weighted by atomic mass is 19.3. The molecule has 0 spiro atoms. The number of aliphatic hydroxyl groups is 1. The molecule has 0 unspecified atom stereocenters. The van der Waals surface area contributed by atoms with E-state index in [-0.39, 0.29) is 6.42 Å². The van der Waals surface area contributed by atoms with Crippen LogP contribution in [0.3, 0.4) is 0 Å². The van der Waals surface area contributed by atoms with Gasteiger partial charge in [0.1, 0.15) is 0 Å². The molecule has 16 heavy (non-hydrogen) atoms. The van der Waals surface area contributed by atoms with Gasteiger partial charge in [0, 0.05) is 7.05 Å². The normalized spacial score (nSPS) is 19.8. The molecular formula is C11H19F2NO2. The minimum Gasteiger partial charge on any atom is -0.389 e. The Bertz CT molecular complexity index is 240. The van der Waals surface area contributed by atoms with Crippen LogP contribution in [0, 0.1) is 0 Å². The lowest BCUT2D eigenvalue weighted by Crippen LogP contribution is -2.40. The maximum atomic E-state index is 12.1. The second-order valence-electron chi connectivity index (χ2n) is 4.63. The fourth-order valence-corrected chi connectivity index (χ4v) is 2.11. The van der Waals surface area contributed by atoms with Gasteiger partial charge < -0.3 is 10.0 Å². The zero-order chi connectivity index (χ0) is 12.2. The van der Waals surface area contributed by atoms with Crippen LogP contribution in [0.15, 0.2) is 0 Å². The van der Waals surface area contributed by atoms with Crippen molar-refractivity contribution in [2.24, 2.45) is 0 Å². The summed E-state index contributed by atoms with van der Waals surface area (Å²) in [5.74, 6) is -0.398. The second kappa shape index (κ2) is 5.57. The third kappa shape index (κ3) is 4.04. The smallest absolute Gasteiger partial charge is 0.255 e. The van der Waals surface area contributed by atoms with E-state index in [1.807, 2.05) is 0 Å². The van der Waals surface area contributed by atoms with E-state index in [1.165, 1.54) is 7.05 Å². The summed E-state index contributed by atoms with van der Waals surface area (Å²) in [6.45, 7) is -0.561. The molecule has 1 N–H and O–H groups in total. The van der Waals surface area contributed by atoms with E-state index in [4.69, 9.17) is 0 Å². The van der Waals surface area contributed by atoms with Crippen molar-refractivity contribution in [1.82, 2.24) is 4.90 Å². The lowest BCUT2D eigenvalue weighted by Gasteiger charge is -2.32. The van der Waals surface area contributed by atoms with E-state index in [2.05, 4.69) is 0 Å². The zero-order valence-corrected chi connectivity index (χ0v) is 9.59. The Morgan fingerprint density at radius 3 is 2.44 bits per heavy atom. The van der Waals surface area contributed by atoms with Gasteiger partial charge in [-0.25, -0.2) is 8.78 Å². The average molecular weight is 235 g/mol. The maximum Gasteiger partial charge on any atom is 0.255 e. The minimum absolute atomic E-state index is 0.0315. The summed E-state index contributed by atoms with van der Waals surface area (Å²) < 4.78 is 24.1. The van der Waals surface area contributed by atoms with Crippen LogP contribution in [0.5, 0.6) is 0 Å². The number of hydrogen-bond acceptors (Lipinski definition) is 2. The standard InChI is InChI=1S/C11H19F2NO2/c1-14(8-9(12)13)10(15)7-11(16)5-3-2-4-6-11/h9,16H,2-8H2,1H3. The Morgan fingerprint density at radius 1 is 1.38 bits per heavy atom. The lowest BCUT2D eigenvalue weighted by molar-refractivity contribution is -0.138. The van der Waals surface area contributed by atoms with Crippen LogP contribution < -0.4 is 0 Å². The van der Waals surface area contributed by atoms with Gasteiger partial charge in [-0.1, -0.05) is 19.3 Å². The van der Waals surface area contributed by atoms with Crippen LogP contribution in [-0.2, 0) is 4.79 Å². The van der Waals surface area contributed by atoms with E-state index in [9.17, 15) is 18.7 Å². The Balaban J connectivity index is 2.43. The molecule has 1 amide bonds. The predicted octanol–water partition coefficient (Wildman–Crippen LogP) is 1.80. The van der Waals surface area contributed by atoms with E-state index < -0.39 is 24.5 Å². The Morgan fingerprint density at radius 2 is 1.94 bits per heavy atom. The van der Waals surface area contributed by atoms with Crippen LogP contribution in [0.1, 0.15) is 38.5 Å². The number of nitrogens with zero attached hydrogens (tertiary/aromatic N) is 1. The van der Waals surface area contributed by atoms with Crippen LogP contribution in [-0.4, -0.2) is 41.5 Å². The molecule has 1 fully saturated rings. The van der Waals surface area contributed by atoms with Gasteiger partial charge in [-0.05, 0) is 12.8 Å². The van der Waals surface area contributed by atoms with Crippen LogP contribution in [0.2, 0.25) is 0 Å². The molecule has 0 radical (unpaired) electrons. The number of carbonyl (C=O) groups excluding carboxylic acids is 1. The van der Waals surface area contributed by atoms with Crippen molar-refractivity contribution < 1.29 is 18.7 Å². The molecule has 0 heterocycles. The fraction of sp³-hybridized carbons (Fsp3) is 0.909. The molecule has 94 valence electrons. The molecule has 0 atom stereocenters. The first-order chi connectivity index (χ1) is 7.43. The van der Waals surface area contributed by atoms with Crippen molar-refractivity contribution in [3.8, 4) is 0 Å². The van der Waals surface area contributed by atoms with Gasteiger partial charge in [-0.2, -0.15) is 0 Å². The SMILES string of the molecule is CN(CC(F)F)C(=O)CC1(O)CCCCC1. The highest BCUT2D eigenvalue weighted by Crippen LogP contribution is 2.31. The van der Waals surface area contributed by atoms with Gasteiger partial charge in [-0.3, -0.25) is 4.79 Å². The first-order valence-corrected chi connectivity index (χ1v) is 5.67. The van der Waals surface area contributed by atoms with Crippen LogP contribution in [0.4, 0.5) is 8.78 Å². The Hall–Kier alpha value is -0.710. The Labute approximate surface area is 94.4 Å². The van der Waals surface area contributed by atoms with Gasteiger partial charge in [0.05, 0.1) is 18.6 Å². The molecule has 5 heteroatoms. The quantitative estimate of drug-likeness (QED) is 0.807. The fourth-order valence-electron chi connectivity index (χ4n) is 2.11. The first kappa shape index (κ1) is 13.4. The van der Waals surface area contributed by atoms with Crippen molar-refractivity contribution in [1.29, 1.82) is 0 Å². The summed E-state index contributed by atoms with van der Waals surface area (Å²) >= 11 is 0. The van der Waals surface area contributed by atoms with Gasteiger partial charge in [-0.15, -0.1) is 0 Å². The van der Waals surface area contributed by atoms with Gasteiger partial charge >= 0.3 is 0 Å². The molecule has 1 aliphatic carbocycles. The molecular weight excluding hydrogens is 216 g/mol. The summed E-state index contributed by atoms with van der Waals surface area (Å²) in [6, 6.07) is 0. The van der Waals surface area contributed by atoms with Crippen LogP contribution in [0.25, 0.3) is 0 Å². The van der Waals surface area contributed by atoms with Gasteiger partial charge in [0.15, 0.2) is 0 Å². The van der Waals surface area contributed by atoms with E-state index >= 15 is 0 Å². The van der Waals surface area contributed by atoms with E-state index in [0.29, 0.717) is 12.8 Å². The molecule has 0 bridgehead atoms. The van der Waals surface area contributed by atoms with Crippen LogP contribution >= 0.6 is 0 Å². The number of alkyl halides is 2. The summed E-state index contributed by atoms with van der Waals surface area (Å²) in [6.07, 6.45) is 1.53. The molecule has 1 saturated carbocycles. The predicted molar refractivity (Wildman–Crippen MR) is 56.3 cm³/mol. The summed E-state index contributed by atoms with van der Waals surface area (Å²) in [4.78, 5) is 12.6. The number of halogens is 2. The monoisotopic (exact) mass is 235 g/mol. The third-order valence-electron chi connectivity index (χ3n) is 3.10. The Kier molecular flexibility index (Phi) is 4.65. The highest BCUT2D eigenvalue weighted by Gasteiger charge is 2.32. The first-order valence-electron chi connectivity index (χ1n) is 5.67. The van der Waals surface area contributed by atoms with Crippen molar-refractivity contribution in [2.75, 3.05) is 13.6 Å². The average Bonchev–Trinajstić information content (AvgIpc) is 2.16. The maximum absolute atomic E-state index is 12.1. The molecule has 1 aliphatic rings. The second-order valence-corrected chi connectivity index (χ2v) is 4.63. The number of amides is 1. The highest BCUT2D eigenvalue weighted by molar-refractivity contribution is 5.77. The van der Waals surface area contributed by atoms with Crippen molar-refractivity contribution in [2.45, 2.75) is 50.6 Å². The topological polar surface area (TPSA) is 40.5 Å². The summed E-state index contributed by atoms with van der Waals surface area (Å²) in [7, 11) is 1.35. The molecule has 0 saturated heterocycles. The number of carbonyl (C=O) groups is 1. The van der Waals surface area contributed by atoms with Crippen molar-refractivity contribution in [3.63, 3.8) is 0 Å². The molecule has 0 aromatic heterocycles. The van der Waals surface area contributed by atoms with Crippen molar-refractivity contribution >= 4 is 5.91 Å². The lowest BCUT2D eigenvalue weighted by atomic mass is 9.82. The van der Waals surface area contributed by atoms with E-state index in [0.717, 1.165) is 24.2 Å². The van der Waals surface area contributed by atoms with E-state index in [1.54, 1.807) is 0 Å². The van der Waals surface area contributed by atoms with Gasteiger partial charge in [0.2, 0.25) is 5.91 Å². The molecule has 3 nitrogen and oxygen atoms in total. The zero-order valence-electron chi connectivity index (χ0n) is 9.59. The third-order valence-corrected chi connectivity index (χ3v) is 3.10. The molecule has 0 aromatic carbocycles. The number of hydrogen-bond donors (Lipinski definition) is 1. The molecule has 0 aliphatic heterocycles. The molecule has 1 rings (SSSR count). The van der Waals surface area contributed by atoms with Crippen molar-refractivity contribution in [3.05, 3.63) is 0 Å². The minimum atomic E-state index is -2.52. The summed E-state index contributed by atoms with van der Waals surface area (Å²) in [5.41, 5.74) is -0.967. The largest absolute Gasteiger partial charge is 0.389 e. The van der Waals surface area contributed by atoms with Gasteiger partial charge in [0.25, 0.3) is 6.43 Å². The molecule has 0 aromatic rings.